The van der Waals surface area contributed by atoms with Gasteiger partial charge in [-0.2, -0.15) is 10.5 Å². The van der Waals surface area contributed by atoms with Crippen LogP contribution in [-0.2, 0) is 6.54 Å². The Kier molecular flexibility index (Phi) is 4.14. The number of rotatable bonds is 3. The van der Waals surface area contributed by atoms with Gasteiger partial charge < -0.3 is 25.5 Å². The number of nitrogens with one attached hydrogen (secondary N) is 1. The number of para-hydroxylation sites is 2. The Balaban J connectivity index is 1.79. The fourth-order valence-electron chi connectivity index (χ4n) is 3.62. The van der Waals surface area contributed by atoms with E-state index >= 15 is 0 Å². The predicted molar refractivity (Wildman–Crippen MR) is 115 cm³/mol. The van der Waals surface area contributed by atoms with Gasteiger partial charge in [-0.05, 0) is 29.8 Å². The highest BCUT2D eigenvalue weighted by Gasteiger charge is 2.24. The minimum absolute atomic E-state index is 0.114. The summed E-state index contributed by atoms with van der Waals surface area (Å²) in [5.74, 6) is 0.201. The van der Waals surface area contributed by atoms with Crippen molar-refractivity contribution in [2.45, 2.75) is 6.54 Å². The van der Waals surface area contributed by atoms with E-state index in [-0.39, 0.29) is 35.2 Å². The largest absolute Gasteiger partial charge is 0.504 e. The van der Waals surface area contributed by atoms with Crippen molar-refractivity contribution in [3.63, 3.8) is 0 Å². The summed E-state index contributed by atoms with van der Waals surface area (Å²) >= 11 is 0. The summed E-state index contributed by atoms with van der Waals surface area (Å²) in [6.45, 7) is 0.169. The standard InChI is InChI=1S/C22H14N8O2/c23-8-14-15(9-24)29-22-19(26-14)18(21-27-12-3-1-2-4-13(12)28-21)20(25)30(22)10-11-5-6-16(31)17(32)7-11/h1-7,31-32H,10,25H2,(H,27,28). The number of aromatic amines is 1. The highest BCUT2D eigenvalue weighted by atomic mass is 16.3. The predicted octanol–water partition coefficient (Wildman–Crippen LogP) is 2.76. The number of nitrogens with zero attached hydrogens (tertiary/aromatic N) is 6. The lowest BCUT2D eigenvalue weighted by atomic mass is 10.2. The first-order chi connectivity index (χ1) is 15.5. The van der Waals surface area contributed by atoms with Gasteiger partial charge in [-0.1, -0.05) is 18.2 Å². The topological polar surface area (TPSA) is 173 Å². The first-order valence-electron chi connectivity index (χ1n) is 9.46. The number of phenolic OH excluding ortho intramolecular Hbond substituents is 2. The van der Waals surface area contributed by atoms with Crippen LogP contribution in [0.2, 0.25) is 0 Å². The molecule has 0 aliphatic carbocycles. The number of hydrogen-bond acceptors (Lipinski definition) is 8. The first kappa shape index (κ1) is 18.9. The number of phenols is 2. The molecule has 5 rings (SSSR count). The average Bonchev–Trinajstić information content (AvgIpc) is 3.33. The molecule has 10 nitrogen and oxygen atoms in total. The zero-order chi connectivity index (χ0) is 22.4. The second-order valence-corrected chi connectivity index (χ2v) is 7.09. The van der Waals surface area contributed by atoms with Gasteiger partial charge in [0.15, 0.2) is 28.5 Å². The number of fused-ring (bicyclic) bond motifs is 2. The normalized spacial score (nSPS) is 10.9. The van der Waals surface area contributed by atoms with E-state index in [9.17, 15) is 20.7 Å². The molecule has 3 aromatic heterocycles. The third-order valence-corrected chi connectivity index (χ3v) is 5.14. The van der Waals surface area contributed by atoms with E-state index < -0.39 is 0 Å². The Bertz CT molecular complexity index is 1580. The second kappa shape index (κ2) is 7.00. The van der Waals surface area contributed by atoms with E-state index in [2.05, 4.69) is 19.9 Å². The molecule has 154 valence electrons. The summed E-state index contributed by atoms with van der Waals surface area (Å²) < 4.78 is 1.62. The Morgan fingerprint density at radius 3 is 2.44 bits per heavy atom. The maximum atomic E-state index is 9.86. The lowest BCUT2D eigenvalue weighted by Gasteiger charge is -2.09. The molecule has 0 bridgehead atoms. The molecule has 0 radical (unpaired) electrons. The fraction of sp³-hybridized carbons (Fsp3) is 0.0455. The number of nitrogens with two attached hydrogens (primary N) is 1. The molecule has 10 heteroatoms. The van der Waals surface area contributed by atoms with Gasteiger partial charge >= 0.3 is 0 Å². The number of benzene rings is 2. The zero-order valence-electron chi connectivity index (χ0n) is 16.4. The van der Waals surface area contributed by atoms with Crippen molar-refractivity contribution >= 4 is 28.0 Å². The second-order valence-electron chi connectivity index (χ2n) is 7.09. The van der Waals surface area contributed by atoms with Crippen molar-refractivity contribution in [3.8, 4) is 35.0 Å². The van der Waals surface area contributed by atoms with Crippen molar-refractivity contribution in [3.05, 3.63) is 59.4 Å². The molecule has 5 N–H and O–H groups in total. The number of nitrogen functional groups attached to an aromatic ring is 1. The quantitative estimate of drug-likeness (QED) is 0.321. The number of aromatic hydroxyl groups is 2. The van der Waals surface area contributed by atoms with E-state index in [1.165, 1.54) is 12.1 Å². The minimum Gasteiger partial charge on any atom is -0.504 e. The SMILES string of the molecule is N#Cc1nc2c(-c3nc4ccccc4[nH]3)c(N)n(Cc3ccc(O)c(O)c3)c2nc1C#N. The molecular formula is C22H14N8O2. The van der Waals surface area contributed by atoms with E-state index in [4.69, 9.17) is 5.73 Å². The van der Waals surface area contributed by atoms with Gasteiger partial charge in [-0.15, -0.1) is 0 Å². The average molecular weight is 422 g/mol. The van der Waals surface area contributed by atoms with Crippen LogP contribution < -0.4 is 5.73 Å². The van der Waals surface area contributed by atoms with Crippen molar-refractivity contribution in [1.29, 1.82) is 10.5 Å². The van der Waals surface area contributed by atoms with Crippen molar-refractivity contribution in [2.75, 3.05) is 5.73 Å². The van der Waals surface area contributed by atoms with Crippen molar-refractivity contribution < 1.29 is 10.2 Å². The molecule has 0 unspecified atom stereocenters. The molecule has 0 amide bonds. The van der Waals surface area contributed by atoms with Crippen LogP contribution in [0.4, 0.5) is 5.82 Å². The van der Waals surface area contributed by atoms with Crippen LogP contribution in [0, 0.1) is 22.7 Å². The maximum Gasteiger partial charge on any atom is 0.179 e. The smallest absolute Gasteiger partial charge is 0.179 e. The first-order valence-corrected chi connectivity index (χ1v) is 9.46. The molecular weight excluding hydrogens is 408 g/mol. The van der Waals surface area contributed by atoms with E-state index in [1.807, 2.05) is 36.4 Å². The fourth-order valence-corrected chi connectivity index (χ4v) is 3.62. The van der Waals surface area contributed by atoms with Gasteiger partial charge in [0, 0.05) is 0 Å². The molecule has 0 saturated carbocycles. The summed E-state index contributed by atoms with van der Waals surface area (Å²) in [5.41, 5.74) is 9.50. The lowest BCUT2D eigenvalue weighted by Crippen LogP contribution is -2.06. The summed E-state index contributed by atoms with van der Waals surface area (Å²) in [7, 11) is 0. The summed E-state index contributed by atoms with van der Waals surface area (Å²) in [4.78, 5) is 16.5. The highest BCUT2D eigenvalue weighted by molar-refractivity contribution is 5.98. The number of imidazole rings is 1. The highest BCUT2D eigenvalue weighted by Crippen LogP contribution is 2.36. The van der Waals surface area contributed by atoms with Crippen LogP contribution in [0.15, 0.2) is 42.5 Å². The van der Waals surface area contributed by atoms with Gasteiger partial charge in [-0.25, -0.2) is 15.0 Å². The van der Waals surface area contributed by atoms with E-state index in [1.54, 1.807) is 10.6 Å². The molecule has 0 aliphatic rings. The van der Waals surface area contributed by atoms with E-state index in [0.29, 0.717) is 28.1 Å². The molecule has 0 saturated heterocycles. The summed E-state index contributed by atoms with van der Waals surface area (Å²) in [6, 6.07) is 15.7. The molecule has 0 aliphatic heterocycles. The number of hydrogen-bond donors (Lipinski definition) is 4. The van der Waals surface area contributed by atoms with Gasteiger partial charge in [-0.3, -0.25) is 0 Å². The van der Waals surface area contributed by atoms with Crippen molar-refractivity contribution in [2.24, 2.45) is 0 Å². The summed E-state index contributed by atoms with van der Waals surface area (Å²) in [6.07, 6.45) is 0. The zero-order valence-corrected chi connectivity index (χ0v) is 16.4. The van der Waals surface area contributed by atoms with Gasteiger partial charge in [0.2, 0.25) is 0 Å². The van der Waals surface area contributed by atoms with Crippen LogP contribution >= 0.6 is 0 Å². The Morgan fingerprint density at radius 2 is 1.72 bits per heavy atom. The summed E-state index contributed by atoms with van der Waals surface area (Å²) in [5, 5.41) is 38.3. The lowest BCUT2D eigenvalue weighted by molar-refractivity contribution is 0.403. The number of nitriles is 2. The molecule has 0 fully saturated rings. The van der Waals surface area contributed by atoms with Crippen LogP contribution in [0.25, 0.3) is 33.6 Å². The molecule has 0 atom stereocenters. The molecule has 2 aromatic carbocycles. The Labute approximate surface area is 180 Å². The van der Waals surface area contributed by atoms with E-state index in [0.717, 1.165) is 11.0 Å². The van der Waals surface area contributed by atoms with Crippen LogP contribution in [0.1, 0.15) is 17.0 Å². The van der Waals surface area contributed by atoms with Gasteiger partial charge in [0.05, 0.1) is 23.1 Å². The number of aromatic nitrogens is 5. The maximum absolute atomic E-state index is 9.86. The Morgan fingerprint density at radius 1 is 0.969 bits per heavy atom. The molecule has 0 spiro atoms. The third kappa shape index (κ3) is 2.83. The van der Waals surface area contributed by atoms with Crippen LogP contribution in [0.5, 0.6) is 11.5 Å². The monoisotopic (exact) mass is 422 g/mol. The van der Waals surface area contributed by atoms with Crippen LogP contribution in [-0.4, -0.2) is 34.7 Å². The van der Waals surface area contributed by atoms with Gasteiger partial charge in [0.25, 0.3) is 0 Å². The van der Waals surface area contributed by atoms with Crippen molar-refractivity contribution in [1.82, 2.24) is 24.5 Å². The number of H-pyrrole nitrogens is 1. The third-order valence-electron chi connectivity index (χ3n) is 5.14. The molecule has 32 heavy (non-hydrogen) atoms. The molecule has 3 heterocycles. The van der Waals surface area contributed by atoms with Crippen LogP contribution in [0.3, 0.4) is 0 Å². The number of anilines is 1. The molecule has 5 aromatic rings. The minimum atomic E-state index is -0.273. The Hall–Kier alpha value is -5.09. The van der Waals surface area contributed by atoms with Gasteiger partial charge in [0.1, 0.15) is 29.3 Å².